The van der Waals surface area contributed by atoms with E-state index in [4.69, 9.17) is 10.8 Å². The van der Waals surface area contributed by atoms with Crippen LogP contribution >= 0.6 is 0 Å². The van der Waals surface area contributed by atoms with Gasteiger partial charge in [0.2, 0.25) is 41.4 Å². The molecule has 248 valence electrons. The molecule has 20 heteroatoms. The molecular weight excluding hydrogens is 604 g/mol. The number of carbonyl (C=O) groups is 8. The van der Waals surface area contributed by atoms with Crippen molar-refractivity contribution >= 4 is 47.3 Å². The first-order valence-corrected chi connectivity index (χ1v) is 13.2. The summed E-state index contributed by atoms with van der Waals surface area (Å²) < 4.78 is 0. The van der Waals surface area contributed by atoms with Crippen LogP contribution in [0.25, 0.3) is 0 Å². The molecule has 3 atom stereocenters. The minimum absolute atomic E-state index is 0.0450. The smallest absolute Gasteiger partial charge is 0.322 e. The molecule has 1 aromatic rings. The summed E-state index contributed by atoms with van der Waals surface area (Å²) in [6, 6.07) is 1.79. The Morgan fingerprint density at radius 1 is 0.600 bits per heavy atom. The number of rotatable bonds is 19. The second kappa shape index (κ2) is 19.8. The summed E-state index contributed by atoms with van der Waals surface area (Å²) in [5, 5.41) is 51.6. The van der Waals surface area contributed by atoms with Gasteiger partial charge in [-0.1, -0.05) is 12.1 Å². The number of amides is 7. The van der Waals surface area contributed by atoms with Crippen molar-refractivity contribution in [3.05, 3.63) is 29.8 Å². The molecule has 13 N–H and O–H groups in total. The molecule has 0 fully saturated rings. The summed E-state index contributed by atoms with van der Waals surface area (Å²) in [4.78, 5) is 94.5. The van der Waals surface area contributed by atoms with Crippen molar-refractivity contribution in [2.45, 2.75) is 24.5 Å². The lowest BCUT2D eigenvalue weighted by Crippen LogP contribution is -2.57. The van der Waals surface area contributed by atoms with Crippen LogP contribution in [0.4, 0.5) is 0 Å². The van der Waals surface area contributed by atoms with Gasteiger partial charge in [0.05, 0.1) is 45.4 Å². The number of aliphatic carboxylic acids is 1. The molecule has 0 aliphatic carbocycles. The summed E-state index contributed by atoms with van der Waals surface area (Å²) in [6.07, 6.45) is 0.131. The predicted octanol–water partition coefficient (Wildman–Crippen LogP) is -7.12. The van der Waals surface area contributed by atoms with Gasteiger partial charge in [-0.05, 0) is 24.1 Å². The molecule has 0 radical (unpaired) electrons. The van der Waals surface area contributed by atoms with Crippen LogP contribution in [0.3, 0.4) is 0 Å². The van der Waals surface area contributed by atoms with Crippen molar-refractivity contribution in [1.29, 1.82) is 0 Å². The van der Waals surface area contributed by atoms with Crippen molar-refractivity contribution in [3.63, 3.8) is 0 Å². The quantitative estimate of drug-likeness (QED) is 0.0669. The van der Waals surface area contributed by atoms with E-state index in [1.165, 1.54) is 12.1 Å². The molecule has 0 bridgehead atoms. The van der Waals surface area contributed by atoms with E-state index in [0.717, 1.165) is 0 Å². The molecule has 7 amide bonds. The maximum Gasteiger partial charge on any atom is 0.322 e. The molecule has 0 aromatic heterocycles. The largest absolute Gasteiger partial charge is 0.508 e. The Kier molecular flexibility index (Phi) is 16.6. The van der Waals surface area contributed by atoms with Crippen LogP contribution in [-0.2, 0) is 44.8 Å². The van der Waals surface area contributed by atoms with Crippen molar-refractivity contribution in [1.82, 2.24) is 37.2 Å². The number of aromatic hydroxyl groups is 1. The molecule has 0 saturated heterocycles. The number of nitrogens with one attached hydrogen (secondary N) is 7. The maximum absolute atomic E-state index is 12.4. The Hall–Kier alpha value is -5.34. The van der Waals surface area contributed by atoms with E-state index in [0.29, 0.717) is 5.56 Å². The predicted molar refractivity (Wildman–Crippen MR) is 151 cm³/mol. The highest BCUT2D eigenvalue weighted by Gasteiger charge is 2.26. The third-order valence-corrected chi connectivity index (χ3v) is 5.55. The van der Waals surface area contributed by atoms with Crippen LogP contribution in [-0.4, -0.2) is 132 Å². The second-order valence-electron chi connectivity index (χ2n) is 9.18. The Bertz CT molecular complexity index is 1230. The number of benzene rings is 1. The minimum Gasteiger partial charge on any atom is -0.508 e. The van der Waals surface area contributed by atoms with Crippen molar-refractivity contribution in [3.8, 4) is 5.75 Å². The highest BCUT2D eigenvalue weighted by Crippen LogP contribution is 2.10. The van der Waals surface area contributed by atoms with E-state index in [1.807, 2.05) is 5.32 Å². The summed E-state index contributed by atoms with van der Waals surface area (Å²) in [7, 11) is 0. The molecule has 0 saturated carbocycles. The number of hydrogen-bond acceptors (Lipinski definition) is 12. The summed E-state index contributed by atoms with van der Waals surface area (Å²) in [5.41, 5.74) is 6.48. The number of phenolic OH excluding ortho intramolecular Hbond substituents is 1. The molecule has 0 aliphatic heterocycles. The number of aliphatic hydroxyl groups excluding tert-OH is 2. The zero-order valence-electron chi connectivity index (χ0n) is 23.8. The van der Waals surface area contributed by atoms with Gasteiger partial charge in [0.25, 0.3) is 0 Å². The molecule has 0 heterocycles. The zero-order valence-corrected chi connectivity index (χ0v) is 23.8. The minimum atomic E-state index is -1.61. The highest BCUT2D eigenvalue weighted by molar-refractivity contribution is 5.95. The van der Waals surface area contributed by atoms with Gasteiger partial charge in [0.1, 0.15) is 24.4 Å². The van der Waals surface area contributed by atoms with Gasteiger partial charge in [-0.25, -0.2) is 0 Å². The van der Waals surface area contributed by atoms with E-state index in [2.05, 4.69) is 31.9 Å². The van der Waals surface area contributed by atoms with Gasteiger partial charge < -0.3 is 63.4 Å². The van der Waals surface area contributed by atoms with Gasteiger partial charge in [0, 0.05) is 0 Å². The topological polar surface area (TPSA) is 328 Å². The molecular formula is C25H36N8O12. The van der Waals surface area contributed by atoms with E-state index in [9.17, 15) is 53.7 Å². The van der Waals surface area contributed by atoms with Crippen LogP contribution in [0.15, 0.2) is 24.3 Å². The van der Waals surface area contributed by atoms with Crippen molar-refractivity contribution < 1.29 is 58.8 Å². The average molecular weight is 641 g/mol. The fraction of sp³-hybridized carbons (Fsp3) is 0.440. The van der Waals surface area contributed by atoms with Gasteiger partial charge in [-0.3, -0.25) is 38.4 Å². The number of hydrogen-bond donors (Lipinski definition) is 12. The number of carboxylic acid groups (broad SMARTS) is 1. The number of aliphatic hydroxyl groups is 2. The van der Waals surface area contributed by atoms with Crippen molar-refractivity contribution in [2.24, 2.45) is 5.73 Å². The van der Waals surface area contributed by atoms with E-state index in [1.54, 1.807) is 12.1 Å². The molecule has 0 aliphatic rings. The first-order valence-electron chi connectivity index (χ1n) is 13.2. The fourth-order valence-corrected chi connectivity index (χ4v) is 3.19. The Morgan fingerprint density at radius 3 is 1.56 bits per heavy atom. The molecule has 0 unspecified atom stereocenters. The normalized spacial score (nSPS) is 12.3. The SMILES string of the molecule is N[C@@H](Cc1ccc(O)cc1)C(=O)NCC(=O)NCC(=O)N[C@@H](CO)C(=O)N[C@@H](CO)C(=O)NCC(=O)NCC(=O)NCC(=O)O. The third-order valence-electron chi connectivity index (χ3n) is 5.55. The van der Waals surface area contributed by atoms with Crippen LogP contribution in [0.5, 0.6) is 5.75 Å². The summed E-state index contributed by atoms with van der Waals surface area (Å²) in [6.45, 7) is -4.98. The molecule has 1 aromatic carbocycles. The Morgan fingerprint density at radius 2 is 1.04 bits per heavy atom. The third kappa shape index (κ3) is 15.6. The van der Waals surface area contributed by atoms with Gasteiger partial charge in [-0.2, -0.15) is 0 Å². The van der Waals surface area contributed by atoms with E-state index >= 15 is 0 Å². The zero-order chi connectivity index (χ0) is 33.9. The van der Waals surface area contributed by atoms with Gasteiger partial charge >= 0.3 is 5.97 Å². The lowest BCUT2D eigenvalue weighted by Gasteiger charge is -2.21. The standard InChI is InChI=1S/C25H36N8O12/c26-15(5-13-1-3-14(36)4-2-13)23(43)30-7-19(38)28-9-21(40)32-17(12-35)25(45)33-16(11-34)24(44)31-8-20(39)27-6-18(37)29-10-22(41)42/h1-4,15-17,34-36H,5-12,26H2,(H,27,39)(H,28,38)(H,29,37)(H,30,43)(H,31,44)(H,32,40)(H,33,45)(H,41,42)/t15-,16-,17-/m0/s1. The monoisotopic (exact) mass is 640 g/mol. The first kappa shape index (κ1) is 37.7. The number of nitrogens with two attached hydrogens (primary N) is 1. The van der Waals surface area contributed by atoms with Crippen LogP contribution < -0.4 is 43.0 Å². The first-order chi connectivity index (χ1) is 21.2. The molecule has 20 nitrogen and oxygen atoms in total. The number of carbonyl (C=O) groups excluding carboxylic acids is 7. The number of phenols is 1. The summed E-state index contributed by atoms with van der Waals surface area (Å²) >= 11 is 0. The lowest BCUT2D eigenvalue weighted by molar-refractivity contribution is -0.138. The molecule has 0 spiro atoms. The van der Waals surface area contributed by atoms with Crippen LogP contribution in [0, 0.1) is 0 Å². The number of carboxylic acids is 1. The molecule has 1 rings (SSSR count). The van der Waals surface area contributed by atoms with Crippen LogP contribution in [0.1, 0.15) is 5.56 Å². The van der Waals surface area contributed by atoms with Crippen molar-refractivity contribution in [2.75, 3.05) is 45.9 Å². The van der Waals surface area contributed by atoms with Gasteiger partial charge in [-0.15, -0.1) is 0 Å². The summed E-state index contributed by atoms with van der Waals surface area (Å²) in [5.74, 6) is -7.38. The van der Waals surface area contributed by atoms with Gasteiger partial charge in [0.15, 0.2) is 0 Å². The van der Waals surface area contributed by atoms with E-state index < -0.39 is 111 Å². The van der Waals surface area contributed by atoms with Crippen LogP contribution in [0.2, 0.25) is 0 Å². The average Bonchev–Trinajstić information content (AvgIpc) is 3.01. The maximum atomic E-state index is 12.4. The second-order valence-corrected chi connectivity index (χ2v) is 9.18. The highest BCUT2D eigenvalue weighted by atomic mass is 16.4. The van der Waals surface area contributed by atoms with E-state index in [-0.39, 0.29) is 12.2 Å². The molecule has 45 heavy (non-hydrogen) atoms. The Balaban J connectivity index is 2.42. The Labute approximate surface area is 255 Å². The lowest BCUT2D eigenvalue weighted by atomic mass is 10.1. The fourth-order valence-electron chi connectivity index (χ4n) is 3.19.